The van der Waals surface area contributed by atoms with Crippen LogP contribution in [0.4, 0.5) is 0 Å². The Bertz CT molecular complexity index is 1070. The molecule has 2 amide bonds. The van der Waals surface area contributed by atoms with Gasteiger partial charge in [0.25, 0.3) is 11.8 Å². The highest BCUT2D eigenvalue weighted by Crippen LogP contribution is 2.21. The molecule has 0 unspecified atom stereocenters. The lowest BCUT2D eigenvalue weighted by atomic mass is 10.0. The van der Waals surface area contributed by atoms with E-state index in [1.807, 2.05) is 42.5 Å². The third-order valence-electron chi connectivity index (χ3n) is 4.18. The van der Waals surface area contributed by atoms with Gasteiger partial charge < -0.3 is 4.74 Å². The Morgan fingerprint density at radius 2 is 1.47 bits per heavy atom. The van der Waals surface area contributed by atoms with E-state index in [1.165, 1.54) is 0 Å². The van der Waals surface area contributed by atoms with E-state index in [0.717, 1.165) is 14.7 Å². The van der Waals surface area contributed by atoms with E-state index in [-0.39, 0.29) is 11.0 Å². The van der Waals surface area contributed by atoms with Gasteiger partial charge in [-0.3, -0.25) is 25.8 Å². The molecule has 0 heterocycles. The summed E-state index contributed by atoms with van der Waals surface area (Å²) in [7, 11) is 1.56. The maximum Gasteiger partial charge on any atom is 0.269 e. The van der Waals surface area contributed by atoms with Crippen molar-refractivity contribution in [1.29, 1.82) is 0 Å². The SMILES string of the molecule is COc1ccc(C(=O)NC(=S)NNC(=O)c2ccc(-c3ccccc3)cc2)cc1I. The summed E-state index contributed by atoms with van der Waals surface area (Å²) >= 11 is 7.16. The molecule has 3 N–H and O–H groups in total. The first kappa shape index (κ1) is 21.7. The molecule has 0 aliphatic heterocycles. The Balaban J connectivity index is 1.53. The van der Waals surface area contributed by atoms with Gasteiger partial charge in [-0.25, -0.2) is 0 Å². The Hall–Kier alpha value is -2.98. The van der Waals surface area contributed by atoms with E-state index in [2.05, 4.69) is 38.8 Å². The van der Waals surface area contributed by atoms with Gasteiger partial charge in [-0.2, -0.15) is 0 Å². The molecule has 8 heteroatoms. The van der Waals surface area contributed by atoms with Gasteiger partial charge in [0.15, 0.2) is 5.11 Å². The van der Waals surface area contributed by atoms with E-state index in [0.29, 0.717) is 16.9 Å². The first-order valence-electron chi connectivity index (χ1n) is 8.88. The van der Waals surface area contributed by atoms with Crippen molar-refractivity contribution in [2.24, 2.45) is 0 Å². The molecule has 0 saturated heterocycles. The van der Waals surface area contributed by atoms with Gasteiger partial charge in [0.05, 0.1) is 10.7 Å². The van der Waals surface area contributed by atoms with Crippen molar-refractivity contribution < 1.29 is 14.3 Å². The number of amides is 2. The fourth-order valence-corrected chi connectivity index (χ4v) is 3.52. The van der Waals surface area contributed by atoms with Crippen molar-refractivity contribution >= 4 is 51.7 Å². The minimum Gasteiger partial charge on any atom is -0.496 e. The Morgan fingerprint density at radius 1 is 0.833 bits per heavy atom. The summed E-state index contributed by atoms with van der Waals surface area (Å²) in [5.41, 5.74) is 7.98. The molecule has 3 aromatic carbocycles. The van der Waals surface area contributed by atoms with Gasteiger partial charge >= 0.3 is 0 Å². The second kappa shape index (κ2) is 10.2. The zero-order chi connectivity index (χ0) is 21.5. The van der Waals surface area contributed by atoms with Crippen LogP contribution in [0.15, 0.2) is 72.8 Å². The van der Waals surface area contributed by atoms with Crippen molar-refractivity contribution in [2.45, 2.75) is 0 Å². The third kappa shape index (κ3) is 5.55. The molecule has 3 rings (SSSR count). The number of nitrogens with one attached hydrogen (secondary N) is 3. The number of halogens is 1. The highest BCUT2D eigenvalue weighted by atomic mass is 127. The van der Waals surface area contributed by atoms with Crippen LogP contribution >= 0.6 is 34.8 Å². The van der Waals surface area contributed by atoms with Crippen molar-refractivity contribution in [3.05, 3.63) is 87.5 Å². The first-order valence-corrected chi connectivity index (χ1v) is 10.4. The number of rotatable bonds is 4. The van der Waals surface area contributed by atoms with Gasteiger partial charge in [-0.15, -0.1) is 0 Å². The Morgan fingerprint density at radius 3 is 2.10 bits per heavy atom. The van der Waals surface area contributed by atoms with Crippen LogP contribution < -0.4 is 20.9 Å². The number of methoxy groups -OCH3 is 1. The van der Waals surface area contributed by atoms with Gasteiger partial charge in [-0.05, 0) is 76.3 Å². The number of benzene rings is 3. The molecule has 0 bridgehead atoms. The molecule has 0 atom stereocenters. The first-order chi connectivity index (χ1) is 14.5. The minimum absolute atomic E-state index is 0.0138. The van der Waals surface area contributed by atoms with E-state index in [4.69, 9.17) is 17.0 Å². The van der Waals surface area contributed by atoms with Crippen LogP contribution in [0.5, 0.6) is 5.75 Å². The number of hydrogen-bond acceptors (Lipinski definition) is 4. The fourth-order valence-electron chi connectivity index (χ4n) is 2.64. The average Bonchev–Trinajstić information content (AvgIpc) is 2.78. The van der Waals surface area contributed by atoms with E-state index in [9.17, 15) is 9.59 Å². The summed E-state index contributed by atoms with van der Waals surface area (Å²) in [6.45, 7) is 0. The monoisotopic (exact) mass is 531 g/mol. The molecule has 30 heavy (non-hydrogen) atoms. The molecular formula is C22H18IN3O3S. The predicted molar refractivity (Wildman–Crippen MR) is 128 cm³/mol. The highest BCUT2D eigenvalue weighted by Gasteiger charge is 2.12. The maximum absolute atomic E-state index is 12.3. The third-order valence-corrected chi connectivity index (χ3v) is 5.23. The molecule has 0 aromatic heterocycles. The van der Waals surface area contributed by atoms with Crippen LogP contribution in [0.1, 0.15) is 20.7 Å². The summed E-state index contributed by atoms with van der Waals surface area (Å²) in [6.07, 6.45) is 0. The molecular weight excluding hydrogens is 513 g/mol. The second-order valence-electron chi connectivity index (χ2n) is 6.16. The van der Waals surface area contributed by atoms with Crippen LogP contribution in [0.2, 0.25) is 0 Å². The molecule has 6 nitrogen and oxygen atoms in total. The normalized spacial score (nSPS) is 10.1. The van der Waals surface area contributed by atoms with Crippen molar-refractivity contribution in [1.82, 2.24) is 16.2 Å². The van der Waals surface area contributed by atoms with Crippen molar-refractivity contribution in [2.75, 3.05) is 7.11 Å². The molecule has 0 radical (unpaired) electrons. The number of hydrogen-bond donors (Lipinski definition) is 3. The number of carbonyl (C=O) groups excluding carboxylic acids is 2. The van der Waals surface area contributed by atoms with E-state index in [1.54, 1.807) is 37.4 Å². The lowest BCUT2D eigenvalue weighted by Gasteiger charge is -2.12. The summed E-state index contributed by atoms with van der Waals surface area (Å²) in [6, 6.07) is 22.1. The Kier molecular flexibility index (Phi) is 7.36. The lowest BCUT2D eigenvalue weighted by Crippen LogP contribution is -2.48. The quantitative estimate of drug-likeness (QED) is 0.270. The highest BCUT2D eigenvalue weighted by molar-refractivity contribution is 14.1. The number of ether oxygens (including phenoxy) is 1. The summed E-state index contributed by atoms with van der Waals surface area (Å²) in [5, 5.41) is 2.51. The average molecular weight is 531 g/mol. The molecule has 0 aliphatic rings. The Labute approximate surface area is 193 Å². The van der Waals surface area contributed by atoms with Crippen LogP contribution in [0, 0.1) is 3.57 Å². The molecule has 0 spiro atoms. The molecule has 0 fully saturated rings. The zero-order valence-corrected chi connectivity index (χ0v) is 18.9. The van der Waals surface area contributed by atoms with Crippen LogP contribution in [-0.4, -0.2) is 24.0 Å². The lowest BCUT2D eigenvalue weighted by molar-refractivity contribution is 0.0934. The molecule has 0 aliphatic carbocycles. The maximum atomic E-state index is 12.3. The summed E-state index contributed by atoms with van der Waals surface area (Å²) < 4.78 is 5.98. The zero-order valence-electron chi connectivity index (χ0n) is 15.9. The van der Waals surface area contributed by atoms with Gasteiger partial charge in [0, 0.05) is 11.1 Å². The second-order valence-corrected chi connectivity index (χ2v) is 7.73. The fraction of sp³-hybridized carbons (Fsp3) is 0.0455. The predicted octanol–water partition coefficient (Wildman–Crippen LogP) is 3.92. The molecule has 3 aromatic rings. The number of carbonyl (C=O) groups is 2. The minimum atomic E-state index is -0.394. The van der Waals surface area contributed by atoms with E-state index >= 15 is 0 Å². The standard InChI is InChI=1S/C22H18IN3O3S/c1-29-19-12-11-17(13-18(19)23)20(27)24-22(30)26-25-21(28)16-9-7-15(8-10-16)14-5-3-2-4-6-14/h2-13H,1H3,(H,25,28)(H2,24,26,27,30). The number of thiocarbonyl (C=S) groups is 1. The topological polar surface area (TPSA) is 79.5 Å². The van der Waals surface area contributed by atoms with Crippen molar-refractivity contribution in [3.8, 4) is 16.9 Å². The van der Waals surface area contributed by atoms with Gasteiger partial charge in [0.2, 0.25) is 0 Å². The largest absolute Gasteiger partial charge is 0.496 e. The van der Waals surface area contributed by atoms with Crippen LogP contribution in [0.25, 0.3) is 11.1 Å². The van der Waals surface area contributed by atoms with Crippen LogP contribution in [-0.2, 0) is 0 Å². The smallest absolute Gasteiger partial charge is 0.269 e. The number of hydrazine groups is 1. The van der Waals surface area contributed by atoms with Crippen LogP contribution in [0.3, 0.4) is 0 Å². The summed E-state index contributed by atoms with van der Waals surface area (Å²) in [4.78, 5) is 24.6. The van der Waals surface area contributed by atoms with Gasteiger partial charge in [0.1, 0.15) is 5.75 Å². The van der Waals surface area contributed by atoms with Crippen molar-refractivity contribution in [3.63, 3.8) is 0 Å². The molecule has 152 valence electrons. The van der Waals surface area contributed by atoms with E-state index < -0.39 is 5.91 Å². The van der Waals surface area contributed by atoms with Gasteiger partial charge in [-0.1, -0.05) is 42.5 Å². The summed E-state index contributed by atoms with van der Waals surface area (Å²) in [5.74, 6) is -0.0851. The molecule has 0 saturated carbocycles.